The number of rotatable bonds is 3. The van der Waals surface area contributed by atoms with Gasteiger partial charge in [-0.1, -0.05) is 12.1 Å². The van der Waals surface area contributed by atoms with Crippen molar-refractivity contribution in [3.63, 3.8) is 0 Å². The average molecular weight is 223 g/mol. The van der Waals surface area contributed by atoms with E-state index in [1.165, 1.54) is 6.20 Å². The molecule has 0 radical (unpaired) electrons. The molecule has 5 heteroatoms. The molecule has 0 aliphatic carbocycles. The molecule has 0 saturated heterocycles. The molecule has 2 rings (SSSR count). The Labute approximate surface area is 91.3 Å². The Hall–Kier alpha value is -1.62. The summed E-state index contributed by atoms with van der Waals surface area (Å²) in [7, 11) is 0. The van der Waals surface area contributed by atoms with E-state index in [4.69, 9.17) is 5.73 Å². The van der Waals surface area contributed by atoms with E-state index in [0.717, 1.165) is 0 Å². The van der Waals surface area contributed by atoms with Gasteiger partial charge in [-0.25, -0.2) is 13.8 Å². The van der Waals surface area contributed by atoms with Gasteiger partial charge in [0.25, 0.3) is 5.92 Å². The zero-order chi connectivity index (χ0) is 11.6. The second-order valence-corrected chi connectivity index (χ2v) is 3.59. The molecular weight excluding hydrogens is 212 g/mol. The minimum Gasteiger partial charge on any atom is -0.325 e. The van der Waals surface area contributed by atoms with Crippen LogP contribution in [0.5, 0.6) is 0 Å². The van der Waals surface area contributed by atoms with E-state index < -0.39 is 18.9 Å². The van der Waals surface area contributed by atoms with Gasteiger partial charge < -0.3 is 5.73 Å². The van der Waals surface area contributed by atoms with Gasteiger partial charge in [0.1, 0.15) is 0 Å². The standard InChI is InChI=1S/C11H11F2N3/c12-11(13,7-14)5-8-6-15-9-3-1-2-4-10(9)16-8/h1-4,6H,5,7,14H2. The summed E-state index contributed by atoms with van der Waals surface area (Å²) in [5, 5.41) is 0. The van der Waals surface area contributed by atoms with Crippen LogP contribution in [0.3, 0.4) is 0 Å². The van der Waals surface area contributed by atoms with E-state index in [0.29, 0.717) is 11.0 Å². The normalized spacial score (nSPS) is 11.9. The molecule has 0 unspecified atom stereocenters. The van der Waals surface area contributed by atoms with Crippen molar-refractivity contribution >= 4 is 11.0 Å². The number of para-hydroxylation sites is 2. The van der Waals surface area contributed by atoms with E-state index in [9.17, 15) is 8.78 Å². The van der Waals surface area contributed by atoms with Crippen LogP contribution in [0.2, 0.25) is 0 Å². The third kappa shape index (κ3) is 2.30. The van der Waals surface area contributed by atoms with Crippen LogP contribution in [0.4, 0.5) is 8.78 Å². The first-order valence-electron chi connectivity index (χ1n) is 4.89. The van der Waals surface area contributed by atoms with Gasteiger partial charge in [-0.3, -0.25) is 4.98 Å². The first-order valence-corrected chi connectivity index (χ1v) is 4.89. The summed E-state index contributed by atoms with van der Waals surface area (Å²) < 4.78 is 26.1. The maximum absolute atomic E-state index is 13.0. The molecule has 84 valence electrons. The quantitative estimate of drug-likeness (QED) is 0.862. The van der Waals surface area contributed by atoms with Crippen LogP contribution < -0.4 is 5.73 Å². The highest BCUT2D eigenvalue weighted by molar-refractivity contribution is 5.73. The molecule has 2 N–H and O–H groups in total. The topological polar surface area (TPSA) is 51.8 Å². The van der Waals surface area contributed by atoms with Gasteiger partial charge in [-0.2, -0.15) is 0 Å². The Morgan fingerprint density at radius 3 is 2.56 bits per heavy atom. The molecule has 0 fully saturated rings. The molecule has 1 aromatic carbocycles. The van der Waals surface area contributed by atoms with E-state index >= 15 is 0 Å². The molecule has 2 aromatic rings. The number of hydrogen-bond acceptors (Lipinski definition) is 3. The lowest BCUT2D eigenvalue weighted by Crippen LogP contribution is -2.30. The summed E-state index contributed by atoms with van der Waals surface area (Å²) >= 11 is 0. The van der Waals surface area contributed by atoms with Crippen molar-refractivity contribution in [3.8, 4) is 0 Å². The lowest BCUT2D eigenvalue weighted by atomic mass is 10.2. The summed E-state index contributed by atoms with van der Waals surface area (Å²) in [5.41, 5.74) is 6.54. The minimum atomic E-state index is -2.92. The van der Waals surface area contributed by atoms with Crippen molar-refractivity contribution in [2.24, 2.45) is 5.73 Å². The van der Waals surface area contributed by atoms with E-state index in [-0.39, 0.29) is 5.69 Å². The summed E-state index contributed by atoms with van der Waals surface area (Å²) in [4.78, 5) is 8.17. The SMILES string of the molecule is NCC(F)(F)Cc1cnc2ccccc2n1. The number of benzene rings is 1. The molecule has 3 nitrogen and oxygen atoms in total. The monoisotopic (exact) mass is 223 g/mol. The number of aromatic nitrogens is 2. The van der Waals surface area contributed by atoms with E-state index in [1.54, 1.807) is 18.2 Å². The zero-order valence-electron chi connectivity index (χ0n) is 8.53. The Morgan fingerprint density at radius 1 is 1.19 bits per heavy atom. The number of halogens is 2. The maximum atomic E-state index is 13.0. The molecule has 0 aliphatic heterocycles. The third-order valence-corrected chi connectivity index (χ3v) is 2.24. The molecule has 0 spiro atoms. The summed E-state index contributed by atoms with van der Waals surface area (Å²) in [6.07, 6.45) is 0.896. The Balaban J connectivity index is 2.33. The number of hydrogen-bond donors (Lipinski definition) is 1. The third-order valence-electron chi connectivity index (χ3n) is 2.24. The fraction of sp³-hybridized carbons (Fsp3) is 0.273. The lowest BCUT2D eigenvalue weighted by molar-refractivity contribution is 0.0105. The number of nitrogens with zero attached hydrogens (tertiary/aromatic N) is 2. The van der Waals surface area contributed by atoms with Gasteiger partial charge in [-0.15, -0.1) is 0 Å². The van der Waals surface area contributed by atoms with Crippen LogP contribution in [0.1, 0.15) is 5.69 Å². The Morgan fingerprint density at radius 2 is 1.88 bits per heavy atom. The molecule has 16 heavy (non-hydrogen) atoms. The van der Waals surface area contributed by atoms with Crippen molar-refractivity contribution in [2.75, 3.05) is 6.54 Å². The molecule has 1 aromatic heterocycles. The van der Waals surface area contributed by atoms with Crippen molar-refractivity contribution in [3.05, 3.63) is 36.2 Å². The molecule has 0 bridgehead atoms. The average Bonchev–Trinajstić information content (AvgIpc) is 2.28. The number of fused-ring (bicyclic) bond motifs is 1. The fourth-order valence-corrected chi connectivity index (χ4v) is 1.42. The van der Waals surface area contributed by atoms with Gasteiger partial charge in [0, 0.05) is 6.20 Å². The fourth-order valence-electron chi connectivity index (χ4n) is 1.42. The van der Waals surface area contributed by atoms with Gasteiger partial charge >= 0.3 is 0 Å². The van der Waals surface area contributed by atoms with Gasteiger partial charge in [-0.05, 0) is 12.1 Å². The van der Waals surface area contributed by atoms with Crippen molar-refractivity contribution in [2.45, 2.75) is 12.3 Å². The second-order valence-electron chi connectivity index (χ2n) is 3.59. The summed E-state index contributed by atoms with van der Waals surface area (Å²) in [6, 6.07) is 7.15. The highest BCUT2D eigenvalue weighted by Crippen LogP contribution is 2.18. The second kappa shape index (κ2) is 4.09. The first kappa shape index (κ1) is 10.9. The van der Waals surface area contributed by atoms with Crippen LogP contribution in [-0.2, 0) is 6.42 Å². The summed E-state index contributed by atoms with van der Waals surface area (Å²) in [6.45, 7) is -0.679. The number of alkyl halides is 2. The van der Waals surface area contributed by atoms with Crippen LogP contribution in [-0.4, -0.2) is 22.4 Å². The highest BCUT2D eigenvalue weighted by Gasteiger charge is 2.27. The maximum Gasteiger partial charge on any atom is 0.265 e. The minimum absolute atomic E-state index is 0.258. The largest absolute Gasteiger partial charge is 0.325 e. The predicted molar refractivity (Wildman–Crippen MR) is 57.2 cm³/mol. The lowest BCUT2D eigenvalue weighted by Gasteiger charge is -2.12. The molecule has 0 atom stereocenters. The van der Waals surface area contributed by atoms with E-state index in [2.05, 4.69) is 9.97 Å². The Bertz CT molecular complexity index is 499. The van der Waals surface area contributed by atoms with Crippen molar-refractivity contribution < 1.29 is 8.78 Å². The molecule has 0 aliphatic rings. The number of nitrogens with two attached hydrogens (primary N) is 1. The zero-order valence-corrected chi connectivity index (χ0v) is 8.53. The molecular formula is C11H11F2N3. The van der Waals surface area contributed by atoms with Crippen LogP contribution in [0, 0.1) is 0 Å². The van der Waals surface area contributed by atoms with Crippen molar-refractivity contribution in [1.29, 1.82) is 0 Å². The van der Waals surface area contributed by atoms with Gasteiger partial charge in [0.15, 0.2) is 0 Å². The smallest absolute Gasteiger partial charge is 0.265 e. The molecule has 1 heterocycles. The van der Waals surface area contributed by atoms with Gasteiger partial charge in [0.05, 0.1) is 29.7 Å². The first-order chi connectivity index (χ1) is 7.61. The molecule has 0 amide bonds. The van der Waals surface area contributed by atoms with Crippen LogP contribution in [0.25, 0.3) is 11.0 Å². The predicted octanol–water partition coefficient (Wildman–Crippen LogP) is 1.77. The van der Waals surface area contributed by atoms with Crippen LogP contribution >= 0.6 is 0 Å². The van der Waals surface area contributed by atoms with E-state index in [1.807, 2.05) is 6.07 Å². The van der Waals surface area contributed by atoms with Crippen molar-refractivity contribution in [1.82, 2.24) is 9.97 Å². The van der Waals surface area contributed by atoms with Gasteiger partial charge in [0.2, 0.25) is 0 Å². The summed E-state index contributed by atoms with van der Waals surface area (Å²) in [5.74, 6) is -2.92. The molecule has 0 saturated carbocycles. The highest BCUT2D eigenvalue weighted by atomic mass is 19.3. The van der Waals surface area contributed by atoms with Crippen LogP contribution in [0.15, 0.2) is 30.5 Å². The Kier molecular flexibility index (Phi) is 2.78.